The monoisotopic (exact) mass is 352 g/mol. The van der Waals surface area contributed by atoms with E-state index in [2.05, 4.69) is 10.6 Å². The molecule has 1 unspecified atom stereocenters. The maximum atomic E-state index is 12.3. The Bertz CT molecular complexity index is 876. The first-order valence-corrected chi connectivity index (χ1v) is 8.43. The zero-order valence-electron chi connectivity index (χ0n) is 14.7. The van der Waals surface area contributed by atoms with Crippen molar-refractivity contribution in [1.82, 2.24) is 0 Å². The molecule has 0 fully saturated rings. The van der Waals surface area contributed by atoms with E-state index in [9.17, 15) is 14.4 Å². The van der Waals surface area contributed by atoms with Gasteiger partial charge in [0.2, 0.25) is 5.91 Å². The fraction of sp³-hybridized carbons (Fsp3) is 0.250. The highest BCUT2D eigenvalue weighted by atomic mass is 16.5. The van der Waals surface area contributed by atoms with Crippen molar-refractivity contribution in [2.24, 2.45) is 0 Å². The maximum Gasteiger partial charge on any atom is 0.338 e. The quantitative estimate of drug-likeness (QED) is 0.828. The second-order valence-electron chi connectivity index (χ2n) is 6.33. The molecule has 1 atom stereocenters. The average Bonchev–Trinajstić information content (AvgIpc) is 2.61. The van der Waals surface area contributed by atoms with Crippen molar-refractivity contribution in [3.8, 4) is 0 Å². The molecule has 1 aliphatic heterocycles. The number of amides is 2. The van der Waals surface area contributed by atoms with Gasteiger partial charge in [0.15, 0.2) is 6.10 Å². The summed E-state index contributed by atoms with van der Waals surface area (Å²) >= 11 is 0. The number of anilines is 2. The summed E-state index contributed by atoms with van der Waals surface area (Å²) in [5.74, 6) is -1.000. The molecule has 1 heterocycles. The van der Waals surface area contributed by atoms with Crippen LogP contribution in [0, 0.1) is 6.92 Å². The van der Waals surface area contributed by atoms with E-state index in [0.29, 0.717) is 29.8 Å². The topological polar surface area (TPSA) is 84.5 Å². The molecule has 0 saturated carbocycles. The van der Waals surface area contributed by atoms with Crippen LogP contribution in [0.25, 0.3) is 0 Å². The van der Waals surface area contributed by atoms with Crippen LogP contribution in [0.1, 0.15) is 34.8 Å². The summed E-state index contributed by atoms with van der Waals surface area (Å²) in [6.45, 7) is 3.46. The van der Waals surface area contributed by atoms with Gasteiger partial charge in [0.05, 0.1) is 5.56 Å². The van der Waals surface area contributed by atoms with Gasteiger partial charge in [-0.2, -0.15) is 0 Å². The standard InChI is InChI=1S/C20H20N2O4/c1-12-4-3-5-16(10-12)21-19(24)13(2)26-20(25)15-6-8-17-14(11-15)7-9-18(23)22-17/h3-6,8,10-11,13H,7,9H2,1-2H3,(H,21,24)(H,22,23). The van der Waals surface area contributed by atoms with Crippen molar-refractivity contribution in [2.45, 2.75) is 32.8 Å². The molecule has 134 valence electrons. The van der Waals surface area contributed by atoms with E-state index in [-0.39, 0.29) is 5.91 Å². The van der Waals surface area contributed by atoms with Crippen LogP contribution >= 0.6 is 0 Å². The Labute approximate surface area is 151 Å². The highest BCUT2D eigenvalue weighted by Gasteiger charge is 2.21. The molecule has 6 heteroatoms. The van der Waals surface area contributed by atoms with Gasteiger partial charge in [0.25, 0.3) is 5.91 Å². The predicted molar refractivity (Wildman–Crippen MR) is 98.1 cm³/mol. The number of hydrogen-bond donors (Lipinski definition) is 2. The lowest BCUT2D eigenvalue weighted by Crippen LogP contribution is -2.30. The maximum absolute atomic E-state index is 12.3. The zero-order chi connectivity index (χ0) is 18.7. The Balaban J connectivity index is 1.63. The van der Waals surface area contributed by atoms with Gasteiger partial charge in [-0.3, -0.25) is 9.59 Å². The second kappa shape index (κ2) is 7.39. The zero-order valence-corrected chi connectivity index (χ0v) is 14.7. The number of esters is 1. The number of carbonyl (C=O) groups is 3. The third kappa shape index (κ3) is 4.08. The van der Waals surface area contributed by atoms with Gasteiger partial charge in [-0.05, 0) is 61.7 Å². The van der Waals surface area contributed by atoms with Gasteiger partial charge in [0, 0.05) is 17.8 Å². The predicted octanol–water partition coefficient (Wildman–Crippen LogP) is 3.06. The lowest BCUT2D eigenvalue weighted by atomic mass is 10.0. The summed E-state index contributed by atoms with van der Waals surface area (Å²) < 4.78 is 5.27. The van der Waals surface area contributed by atoms with E-state index in [0.717, 1.165) is 11.1 Å². The van der Waals surface area contributed by atoms with Gasteiger partial charge in [0.1, 0.15) is 0 Å². The molecule has 1 aliphatic rings. The summed E-state index contributed by atoms with van der Waals surface area (Å²) in [7, 11) is 0. The highest BCUT2D eigenvalue weighted by molar-refractivity contribution is 5.98. The van der Waals surface area contributed by atoms with E-state index in [1.165, 1.54) is 6.92 Å². The van der Waals surface area contributed by atoms with Crippen molar-refractivity contribution >= 4 is 29.2 Å². The van der Waals surface area contributed by atoms with Crippen molar-refractivity contribution in [3.63, 3.8) is 0 Å². The number of rotatable bonds is 4. The van der Waals surface area contributed by atoms with Crippen molar-refractivity contribution < 1.29 is 19.1 Å². The molecule has 0 bridgehead atoms. The molecule has 2 aromatic rings. The first-order chi connectivity index (χ1) is 12.4. The first kappa shape index (κ1) is 17.7. The summed E-state index contributed by atoms with van der Waals surface area (Å²) in [5.41, 5.74) is 3.63. The van der Waals surface area contributed by atoms with Crippen molar-refractivity contribution in [1.29, 1.82) is 0 Å². The largest absolute Gasteiger partial charge is 0.449 e. The van der Waals surface area contributed by atoms with Crippen LogP contribution in [-0.2, 0) is 20.7 Å². The van der Waals surface area contributed by atoms with Crippen LogP contribution < -0.4 is 10.6 Å². The Hall–Kier alpha value is -3.15. The van der Waals surface area contributed by atoms with Crippen LogP contribution in [0.2, 0.25) is 0 Å². The SMILES string of the molecule is Cc1cccc(NC(=O)C(C)OC(=O)c2ccc3c(c2)CCC(=O)N3)c1. The molecule has 0 radical (unpaired) electrons. The number of benzene rings is 2. The number of carbonyl (C=O) groups excluding carboxylic acids is 3. The van der Waals surface area contributed by atoms with Crippen LogP contribution in [0.3, 0.4) is 0 Å². The van der Waals surface area contributed by atoms with Crippen LogP contribution in [0.5, 0.6) is 0 Å². The van der Waals surface area contributed by atoms with Gasteiger partial charge in [-0.25, -0.2) is 4.79 Å². The second-order valence-corrected chi connectivity index (χ2v) is 6.33. The molecule has 26 heavy (non-hydrogen) atoms. The van der Waals surface area contributed by atoms with Gasteiger partial charge < -0.3 is 15.4 Å². The smallest absolute Gasteiger partial charge is 0.338 e. The number of ether oxygens (including phenoxy) is 1. The Morgan fingerprint density at radius 2 is 1.96 bits per heavy atom. The Morgan fingerprint density at radius 1 is 1.15 bits per heavy atom. The molecule has 0 saturated heterocycles. The number of fused-ring (bicyclic) bond motifs is 1. The first-order valence-electron chi connectivity index (χ1n) is 8.43. The molecule has 2 amide bonds. The molecule has 0 aromatic heterocycles. The van der Waals surface area contributed by atoms with E-state index in [1.54, 1.807) is 24.3 Å². The number of aryl methyl sites for hydroxylation is 2. The third-order valence-corrected chi connectivity index (χ3v) is 4.18. The lowest BCUT2D eigenvalue weighted by Gasteiger charge is -2.18. The third-order valence-electron chi connectivity index (χ3n) is 4.18. The molecule has 3 rings (SSSR count). The summed E-state index contributed by atoms with van der Waals surface area (Å²) in [6, 6.07) is 12.3. The summed E-state index contributed by atoms with van der Waals surface area (Å²) in [4.78, 5) is 35.9. The van der Waals surface area contributed by atoms with E-state index in [4.69, 9.17) is 4.74 Å². The van der Waals surface area contributed by atoms with E-state index < -0.39 is 18.0 Å². The summed E-state index contributed by atoms with van der Waals surface area (Å²) in [5, 5.41) is 5.49. The number of nitrogens with one attached hydrogen (secondary N) is 2. The van der Waals surface area contributed by atoms with E-state index in [1.807, 2.05) is 25.1 Å². The van der Waals surface area contributed by atoms with E-state index >= 15 is 0 Å². The highest BCUT2D eigenvalue weighted by Crippen LogP contribution is 2.24. The van der Waals surface area contributed by atoms with Gasteiger partial charge in [-0.15, -0.1) is 0 Å². The molecular weight excluding hydrogens is 332 g/mol. The van der Waals surface area contributed by atoms with Crippen molar-refractivity contribution in [3.05, 3.63) is 59.2 Å². The molecule has 2 aromatic carbocycles. The van der Waals surface area contributed by atoms with Crippen LogP contribution in [-0.4, -0.2) is 23.9 Å². The van der Waals surface area contributed by atoms with Crippen LogP contribution in [0.15, 0.2) is 42.5 Å². The fourth-order valence-electron chi connectivity index (χ4n) is 2.76. The minimum absolute atomic E-state index is 0.0331. The fourth-order valence-corrected chi connectivity index (χ4v) is 2.76. The Morgan fingerprint density at radius 3 is 2.73 bits per heavy atom. The lowest BCUT2D eigenvalue weighted by molar-refractivity contribution is -0.123. The Kier molecular flexibility index (Phi) is 5.02. The summed E-state index contributed by atoms with van der Waals surface area (Å²) in [6.07, 6.45) is 0.0331. The molecular formula is C20H20N2O4. The molecule has 6 nitrogen and oxygen atoms in total. The molecule has 0 spiro atoms. The van der Waals surface area contributed by atoms with Crippen molar-refractivity contribution in [2.75, 3.05) is 10.6 Å². The molecule has 2 N–H and O–H groups in total. The minimum atomic E-state index is -0.932. The average molecular weight is 352 g/mol. The molecule has 0 aliphatic carbocycles. The van der Waals surface area contributed by atoms with Gasteiger partial charge >= 0.3 is 5.97 Å². The van der Waals surface area contributed by atoms with Gasteiger partial charge in [-0.1, -0.05) is 12.1 Å². The normalized spacial score (nSPS) is 14.0. The van der Waals surface area contributed by atoms with Crippen LogP contribution in [0.4, 0.5) is 11.4 Å². The number of hydrogen-bond acceptors (Lipinski definition) is 4. The minimum Gasteiger partial charge on any atom is -0.449 e.